The van der Waals surface area contributed by atoms with Gasteiger partial charge in [-0.15, -0.1) is 0 Å². The number of nitrogens with one attached hydrogen (secondary N) is 1. The van der Waals surface area contributed by atoms with E-state index in [4.69, 9.17) is 4.98 Å². The standard InChI is InChI=1S/C16H20IN3/c1-4-11(5-2)15-19-14(12-9-7-6-8-10-12)13(17)16(18-3)20-15/h6-11H,4-5H2,1-3H3,(H,18,19,20). The van der Waals surface area contributed by atoms with Crippen molar-refractivity contribution < 1.29 is 0 Å². The average Bonchev–Trinajstić information content (AvgIpc) is 2.50. The van der Waals surface area contributed by atoms with Crippen molar-refractivity contribution in [3.05, 3.63) is 39.7 Å². The molecule has 0 spiro atoms. The number of nitrogens with zero attached hydrogens (tertiary/aromatic N) is 2. The minimum absolute atomic E-state index is 0.418. The predicted octanol–water partition coefficient (Wildman–Crippen LogP) is 4.69. The molecule has 0 aliphatic heterocycles. The van der Waals surface area contributed by atoms with Crippen LogP contribution in [-0.2, 0) is 0 Å². The molecule has 0 aliphatic rings. The molecule has 4 heteroatoms. The van der Waals surface area contributed by atoms with Gasteiger partial charge in [-0.3, -0.25) is 0 Å². The van der Waals surface area contributed by atoms with Crippen molar-refractivity contribution >= 4 is 28.4 Å². The zero-order chi connectivity index (χ0) is 14.5. The molecule has 0 radical (unpaired) electrons. The van der Waals surface area contributed by atoms with E-state index in [9.17, 15) is 0 Å². The molecule has 1 aromatic heterocycles. The van der Waals surface area contributed by atoms with Gasteiger partial charge in [0.15, 0.2) is 0 Å². The first-order valence-corrected chi connectivity index (χ1v) is 8.09. The molecule has 0 aliphatic carbocycles. The van der Waals surface area contributed by atoms with Gasteiger partial charge < -0.3 is 5.32 Å². The maximum absolute atomic E-state index is 4.83. The highest BCUT2D eigenvalue weighted by Gasteiger charge is 2.17. The lowest BCUT2D eigenvalue weighted by Crippen LogP contribution is -2.09. The van der Waals surface area contributed by atoms with Gasteiger partial charge in [-0.2, -0.15) is 0 Å². The lowest BCUT2D eigenvalue weighted by atomic mass is 10.0. The molecule has 20 heavy (non-hydrogen) atoms. The highest BCUT2D eigenvalue weighted by atomic mass is 127. The van der Waals surface area contributed by atoms with Crippen LogP contribution in [0.1, 0.15) is 38.4 Å². The van der Waals surface area contributed by atoms with Crippen LogP contribution in [0.15, 0.2) is 30.3 Å². The molecule has 2 rings (SSSR count). The van der Waals surface area contributed by atoms with Gasteiger partial charge >= 0.3 is 0 Å². The first kappa shape index (κ1) is 15.2. The van der Waals surface area contributed by atoms with Gasteiger partial charge in [0.1, 0.15) is 11.6 Å². The van der Waals surface area contributed by atoms with E-state index < -0.39 is 0 Å². The SMILES string of the molecule is CCC(CC)c1nc(NC)c(I)c(-c2ccccc2)n1. The van der Waals surface area contributed by atoms with Crippen molar-refractivity contribution in [2.75, 3.05) is 12.4 Å². The molecule has 106 valence electrons. The number of benzene rings is 1. The maximum Gasteiger partial charge on any atom is 0.143 e. The van der Waals surface area contributed by atoms with Gasteiger partial charge in [0, 0.05) is 18.5 Å². The van der Waals surface area contributed by atoms with Crippen molar-refractivity contribution in [1.29, 1.82) is 0 Å². The molecule has 0 fully saturated rings. The van der Waals surface area contributed by atoms with Crippen LogP contribution in [0.4, 0.5) is 5.82 Å². The molecule has 0 unspecified atom stereocenters. The van der Waals surface area contributed by atoms with E-state index in [0.29, 0.717) is 5.92 Å². The number of hydrogen-bond donors (Lipinski definition) is 1. The second kappa shape index (κ2) is 7.02. The second-order valence-corrected chi connectivity index (χ2v) is 5.80. The third-order valence-electron chi connectivity index (χ3n) is 3.50. The normalized spacial score (nSPS) is 10.8. The fourth-order valence-corrected chi connectivity index (χ4v) is 3.08. The third-order valence-corrected chi connectivity index (χ3v) is 4.53. The van der Waals surface area contributed by atoms with Crippen LogP contribution in [0.5, 0.6) is 0 Å². The van der Waals surface area contributed by atoms with Gasteiger partial charge in [-0.25, -0.2) is 9.97 Å². The summed E-state index contributed by atoms with van der Waals surface area (Å²) in [5.41, 5.74) is 2.16. The summed E-state index contributed by atoms with van der Waals surface area (Å²) in [6.07, 6.45) is 2.13. The summed E-state index contributed by atoms with van der Waals surface area (Å²) in [6, 6.07) is 10.3. The minimum Gasteiger partial charge on any atom is -0.372 e. The minimum atomic E-state index is 0.418. The Balaban J connectivity index is 2.58. The van der Waals surface area contributed by atoms with Crippen LogP contribution in [-0.4, -0.2) is 17.0 Å². The molecule has 2 aromatic rings. The van der Waals surface area contributed by atoms with E-state index in [2.05, 4.69) is 58.9 Å². The lowest BCUT2D eigenvalue weighted by Gasteiger charge is -2.16. The fourth-order valence-electron chi connectivity index (χ4n) is 2.25. The Bertz CT molecular complexity index is 565. The number of aromatic nitrogens is 2. The smallest absolute Gasteiger partial charge is 0.143 e. The summed E-state index contributed by atoms with van der Waals surface area (Å²) in [5, 5.41) is 3.19. The first-order valence-electron chi connectivity index (χ1n) is 7.01. The highest BCUT2D eigenvalue weighted by molar-refractivity contribution is 14.1. The van der Waals surface area contributed by atoms with Crippen molar-refractivity contribution in [2.45, 2.75) is 32.6 Å². The largest absolute Gasteiger partial charge is 0.372 e. The zero-order valence-electron chi connectivity index (χ0n) is 12.2. The molecule has 0 saturated carbocycles. The zero-order valence-corrected chi connectivity index (χ0v) is 14.3. The van der Waals surface area contributed by atoms with Crippen LogP contribution < -0.4 is 5.32 Å². The third kappa shape index (κ3) is 3.11. The van der Waals surface area contributed by atoms with Crippen LogP contribution in [0, 0.1) is 3.57 Å². The molecule has 1 heterocycles. The van der Waals surface area contributed by atoms with Crippen molar-refractivity contribution in [1.82, 2.24) is 9.97 Å². The Hall–Kier alpha value is -1.17. The molecule has 1 N–H and O–H groups in total. The van der Waals surface area contributed by atoms with E-state index >= 15 is 0 Å². The van der Waals surface area contributed by atoms with E-state index in [0.717, 1.165) is 39.3 Å². The molecule has 0 saturated heterocycles. The van der Waals surface area contributed by atoms with Gasteiger partial charge in [-0.1, -0.05) is 44.2 Å². The average molecular weight is 381 g/mol. The summed E-state index contributed by atoms with van der Waals surface area (Å²) in [5.74, 6) is 2.28. The fraction of sp³-hybridized carbons (Fsp3) is 0.375. The van der Waals surface area contributed by atoms with E-state index in [-0.39, 0.29) is 0 Å². The molecule has 0 atom stereocenters. The molecule has 0 bridgehead atoms. The predicted molar refractivity (Wildman–Crippen MR) is 93.1 cm³/mol. The number of halogens is 1. The first-order chi connectivity index (χ1) is 9.71. The van der Waals surface area contributed by atoms with Crippen molar-refractivity contribution in [3.63, 3.8) is 0 Å². The number of anilines is 1. The Morgan fingerprint density at radius 3 is 2.30 bits per heavy atom. The van der Waals surface area contributed by atoms with Crippen molar-refractivity contribution in [2.24, 2.45) is 0 Å². The lowest BCUT2D eigenvalue weighted by molar-refractivity contribution is 0.603. The molecular formula is C16H20IN3. The van der Waals surface area contributed by atoms with Crippen LogP contribution >= 0.6 is 22.6 Å². The molecule has 1 aromatic carbocycles. The molecule has 3 nitrogen and oxygen atoms in total. The summed E-state index contributed by atoms with van der Waals surface area (Å²) >= 11 is 2.32. The molecular weight excluding hydrogens is 361 g/mol. The monoisotopic (exact) mass is 381 g/mol. The van der Waals surface area contributed by atoms with Gasteiger partial charge in [-0.05, 0) is 35.4 Å². The number of rotatable bonds is 5. The summed E-state index contributed by atoms with van der Waals surface area (Å²) < 4.78 is 1.08. The van der Waals surface area contributed by atoms with E-state index in [1.807, 2.05) is 25.2 Å². The Morgan fingerprint density at radius 1 is 1.10 bits per heavy atom. The summed E-state index contributed by atoms with van der Waals surface area (Å²) in [6.45, 7) is 4.38. The second-order valence-electron chi connectivity index (χ2n) is 4.72. The summed E-state index contributed by atoms with van der Waals surface area (Å²) in [7, 11) is 1.91. The van der Waals surface area contributed by atoms with Gasteiger partial charge in [0.2, 0.25) is 0 Å². The Morgan fingerprint density at radius 2 is 1.75 bits per heavy atom. The van der Waals surface area contributed by atoms with E-state index in [1.54, 1.807) is 0 Å². The Kier molecular flexibility index (Phi) is 5.34. The Labute approximate surface area is 134 Å². The van der Waals surface area contributed by atoms with Crippen LogP contribution in [0.25, 0.3) is 11.3 Å². The van der Waals surface area contributed by atoms with Gasteiger partial charge in [0.05, 0.1) is 9.26 Å². The van der Waals surface area contributed by atoms with E-state index in [1.165, 1.54) is 0 Å². The molecule has 0 amide bonds. The summed E-state index contributed by atoms with van der Waals surface area (Å²) in [4.78, 5) is 9.52. The quantitative estimate of drug-likeness (QED) is 0.764. The van der Waals surface area contributed by atoms with Crippen LogP contribution in [0.3, 0.4) is 0 Å². The topological polar surface area (TPSA) is 37.8 Å². The highest BCUT2D eigenvalue weighted by Crippen LogP contribution is 2.30. The maximum atomic E-state index is 4.83. The van der Waals surface area contributed by atoms with Crippen molar-refractivity contribution in [3.8, 4) is 11.3 Å². The van der Waals surface area contributed by atoms with Gasteiger partial charge in [0.25, 0.3) is 0 Å². The number of hydrogen-bond acceptors (Lipinski definition) is 3. The van der Waals surface area contributed by atoms with Crippen LogP contribution in [0.2, 0.25) is 0 Å².